The lowest BCUT2D eigenvalue weighted by atomic mass is 9.99. The average Bonchev–Trinajstić information content (AvgIpc) is 2.87. The van der Waals surface area contributed by atoms with Crippen molar-refractivity contribution in [1.29, 1.82) is 0 Å². The standard InChI is InChI=1S/C26H34N4O7/c1-3-15(2)23(26(36)37)30-22(33)14-28-25(35)21(13-17-6-10-19(32)11-7-17)29-24(34)20(27)12-16-4-8-18(31)9-5-16/h4-11,15,20-21,23,31-32H,3,12-14,27H2,1-2H3,(H,28,35)(H,29,34)(H,30,33)(H,36,37). The van der Waals surface area contributed by atoms with Crippen molar-refractivity contribution >= 4 is 23.7 Å². The number of phenolic OH excluding ortho intramolecular Hbond substituents is 2. The molecule has 2 rings (SSSR count). The zero-order chi connectivity index (χ0) is 27.5. The van der Waals surface area contributed by atoms with Gasteiger partial charge in [-0.1, -0.05) is 44.5 Å². The van der Waals surface area contributed by atoms with Crippen molar-refractivity contribution in [3.8, 4) is 11.5 Å². The predicted molar refractivity (Wildman–Crippen MR) is 136 cm³/mol. The smallest absolute Gasteiger partial charge is 0.326 e. The third-order valence-electron chi connectivity index (χ3n) is 5.96. The molecular weight excluding hydrogens is 480 g/mol. The number of carbonyl (C=O) groups excluding carboxylic acids is 3. The second kappa shape index (κ2) is 13.8. The quantitative estimate of drug-likeness (QED) is 0.200. The van der Waals surface area contributed by atoms with Crippen LogP contribution in [-0.2, 0) is 32.0 Å². The molecule has 200 valence electrons. The maximum Gasteiger partial charge on any atom is 0.326 e. The predicted octanol–water partition coefficient (Wildman–Crippen LogP) is 0.427. The van der Waals surface area contributed by atoms with Crippen molar-refractivity contribution in [3.05, 3.63) is 59.7 Å². The summed E-state index contributed by atoms with van der Waals surface area (Å²) in [4.78, 5) is 49.5. The van der Waals surface area contributed by atoms with E-state index in [1.54, 1.807) is 38.1 Å². The molecule has 11 heteroatoms. The molecule has 2 aromatic rings. The number of hydrogen-bond acceptors (Lipinski definition) is 7. The lowest BCUT2D eigenvalue weighted by molar-refractivity contribution is -0.143. The lowest BCUT2D eigenvalue weighted by Gasteiger charge is -2.22. The Morgan fingerprint density at radius 1 is 0.838 bits per heavy atom. The van der Waals surface area contributed by atoms with E-state index in [9.17, 15) is 34.5 Å². The molecule has 0 aliphatic carbocycles. The minimum Gasteiger partial charge on any atom is -0.508 e. The minimum atomic E-state index is -1.17. The van der Waals surface area contributed by atoms with Crippen LogP contribution < -0.4 is 21.7 Å². The highest BCUT2D eigenvalue weighted by molar-refractivity contribution is 5.92. The van der Waals surface area contributed by atoms with Crippen molar-refractivity contribution in [1.82, 2.24) is 16.0 Å². The topological polar surface area (TPSA) is 191 Å². The SMILES string of the molecule is CCC(C)C(NC(=O)CNC(=O)C(Cc1ccc(O)cc1)NC(=O)C(N)Cc1ccc(O)cc1)C(=O)O. The van der Waals surface area contributed by atoms with Gasteiger partial charge in [-0.15, -0.1) is 0 Å². The van der Waals surface area contributed by atoms with E-state index < -0.39 is 48.4 Å². The third-order valence-corrected chi connectivity index (χ3v) is 5.96. The largest absolute Gasteiger partial charge is 0.508 e. The van der Waals surface area contributed by atoms with E-state index in [0.29, 0.717) is 17.5 Å². The molecule has 0 aromatic heterocycles. The van der Waals surface area contributed by atoms with Crippen molar-refractivity contribution in [2.24, 2.45) is 11.7 Å². The van der Waals surface area contributed by atoms with Crippen LogP contribution >= 0.6 is 0 Å². The Bertz CT molecular complexity index is 1070. The Balaban J connectivity index is 2.07. The van der Waals surface area contributed by atoms with E-state index in [1.165, 1.54) is 24.3 Å². The molecule has 37 heavy (non-hydrogen) atoms. The number of phenols is 2. The monoisotopic (exact) mass is 514 g/mol. The van der Waals surface area contributed by atoms with Crippen LogP contribution in [0.15, 0.2) is 48.5 Å². The number of nitrogens with one attached hydrogen (secondary N) is 3. The number of benzene rings is 2. The maximum atomic E-state index is 12.9. The fraction of sp³-hybridized carbons (Fsp3) is 0.385. The molecule has 0 heterocycles. The van der Waals surface area contributed by atoms with Gasteiger partial charge in [0, 0.05) is 6.42 Å². The van der Waals surface area contributed by atoms with E-state index in [-0.39, 0.29) is 30.3 Å². The number of aliphatic carboxylic acids is 1. The molecule has 8 N–H and O–H groups in total. The molecular formula is C26H34N4O7. The van der Waals surface area contributed by atoms with Crippen molar-refractivity contribution in [2.75, 3.05) is 6.54 Å². The maximum absolute atomic E-state index is 12.9. The summed E-state index contributed by atoms with van der Waals surface area (Å²) >= 11 is 0. The van der Waals surface area contributed by atoms with E-state index in [0.717, 1.165) is 0 Å². The number of hydrogen-bond donors (Lipinski definition) is 7. The number of carbonyl (C=O) groups is 4. The number of carboxylic acid groups (broad SMARTS) is 1. The van der Waals surface area contributed by atoms with Gasteiger partial charge < -0.3 is 37.0 Å². The van der Waals surface area contributed by atoms with Gasteiger partial charge in [-0.3, -0.25) is 14.4 Å². The first-order chi connectivity index (χ1) is 17.5. The first-order valence-corrected chi connectivity index (χ1v) is 11.9. The molecule has 0 aliphatic rings. The van der Waals surface area contributed by atoms with Crippen LogP contribution in [0.3, 0.4) is 0 Å². The highest BCUT2D eigenvalue weighted by Gasteiger charge is 2.27. The van der Waals surface area contributed by atoms with Crippen LogP contribution in [0.5, 0.6) is 11.5 Å². The van der Waals surface area contributed by atoms with Crippen LogP contribution in [-0.4, -0.2) is 63.7 Å². The highest BCUT2D eigenvalue weighted by Crippen LogP contribution is 2.13. The van der Waals surface area contributed by atoms with Gasteiger partial charge >= 0.3 is 5.97 Å². The number of carboxylic acids is 1. The molecule has 0 saturated carbocycles. The Hall–Kier alpha value is -4.12. The Labute approximate surface area is 215 Å². The molecule has 4 atom stereocenters. The van der Waals surface area contributed by atoms with Crippen molar-refractivity contribution < 1.29 is 34.5 Å². The zero-order valence-corrected chi connectivity index (χ0v) is 20.8. The first kappa shape index (κ1) is 29.1. The highest BCUT2D eigenvalue weighted by atomic mass is 16.4. The first-order valence-electron chi connectivity index (χ1n) is 11.9. The summed E-state index contributed by atoms with van der Waals surface area (Å²) in [6, 6.07) is 9.09. The fourth-order valence-corrected chi connectivity index (χ4v) is 3.53. The van der Waals surface area contributed by atoms with Gasteiger partial charge in [-0.25, -0.2) is 4.79 Å². The summed E-state index contributed by atoms with van der Waals surface area (Å²) in [5, 5.41) is 35.7. The summed E-state index contributed by atoms with van der Waals surface area (Å²) < 4.78 is 0. The fourth-order valence-electron chi connectivity index (χ4n) is 3.53. The summed E-state index contributed by atoms with van der Waals surface area (Å²) in [7, 11) is 0. The molecule has 0 spiro atoms. The molecule has 0 saturated heterocycles. The number of amides is 3. The van der Waals surface area contributed by atoms with Crippen LogP contribution in [0.4, 0.5) is 0 Å². The van der Waals surface area contributed by atoms with Gasteiger partial charge in [-0.2, -0.15) is 0 Å². The van der Waals surface area contributed by atoms with Gasteiger partial charge in [0.15, 0.2) is 0 Å². The average molecular weight is 515 g/mol. The van der Waals surface area contributed by atoms with Crippen LogP contribution in [0.2, 0.25) is 0 Å². The molecule has 0 bridgehead atoms. The third kappa shape index (κ3) is 9.45. The lowest BCUT2D eigenvalue weighted by Crippen LogP contribution is -2.55. The number of aromatic hydroxyl groups is 2. The van der Waals surface area contributed by atoms with Crippen molar-refractivity contribution in [2.45, 2.75) is 51.2 Å². The van der Waals surface area contributed by atoms with Crippen molar-refractivity contribution in [3.63, 3.8) is 0 Å². The molecule has 2 aromatic carbocycles. The Morgan fingerprint density at radius 3 is 1.84 bits per heavy atom. The Morgan fingerprint density at radius 2 is 1.35 bits per heavy atom. The van der Waals surface area contributed by atoms with Crippen LogP contribution in [0, 0.1) is 5.92 Å². The summed E-state index contributed by atoms with van der Waals surface area (Å²) in [6.45, 7) is 3.01. The molecule has 4 unspecified atom stereocenters. The molecule has 0 fully saturated rings. The number of nitrogens with two attached hydrogens (primary N) is 1. The van der Waals surface area contributed by atoms with E-state index in [1.807, 2.05) is 0 Å². The summed E-state index contributed by atoms with van der Waals surface area (Å²) in [5.74, 6) is -3.31. The minimum absolute atomic E-state index is 0.0377. The summed E-state index contributed by atoms with van der Waals surface area (Å²) in [5.41, 5.74) is 7.39. The van der Waals surface area contributed by atoms with E-state index in [4.69, 9.17) is 5.73 Å². The second-order valence-corrected chi connectivity index (χ2v) is 8.90. The summed E-state index contributed by atoms with van der Waals surface area (Å²) in [6.07, 6.45) is 0.749. The number of rotatable bonds is 13. The van der Waals surface area contributed by atoms with E-state index >= 15 is 0 Å². The Kier molecular flexibility index (Phi) is 10.9. The molecule has 0 radical (unpaired) electrons. The van der Waals surface area contributed by atoms with Gasteiger partial charge in [0.05, 0.1) is 12.6 Å². The molecule has 11 nitrogen and oxygen atoms in total. The van der Waals surface area contributed by atoms with Crippen LogP contribution in [0.1, 0.15) is 31.4 Å². The van der Waals surface area contributed by atoms with E-state index in [2.05, 4.69) is 16.0 Å². The van der Waals surface area contributed by atoms with Gasteiger partial charge in [0.1, 0.15) is 23.6 Å². The van der Waals surface area contributed by atoms with Gasteiger partial charge in [-0.05, 0) is 47.7 Å². The zero-order valence-electron chi connectivity index (χ0n) is 20.8. The van der Waals surface area contributed by atoms with Crippen LogP contribution in [0.25, 0.3) is 0 Å². The molecule has 3 amide bonds. The second-order valence-electron chi connectivity index (χ2n) is 8.90. The molecule has 0 aliphatic heterocycles. The van der Waals surface area contributed by atoms with Gasteiger partial charge in [0.25, 0.3) is 0 Å². The van der Waals surface area contributed by atoms with Gasteiger partial charge in [0.2, 0.25) is 17.7 Å². The normalized spacial score (nSPS) is 14.0.